The van der Waals surface area contributed by atoms with Crippen molar-refractivity contribution in [1.82, 2.24) is 0 Å². The van der Waals surface area contributed by atoms with Crippen molar-refractivity contribution in [2.45, 2.75) is 29.0 Å². The van der Waals surface area contributed by atoms with E-state index in [1.54, 1.807) is 11.8 Å². The van der Waals surface area contributed by atoms with Gasteiger partial charge in [0.25, 0.3) is 0 Å². The van der Waals surface area contributed by atoms with Crippen LogP contribution in [0.2, 0.25) is 0 Å². The minimum Gasteiger partial charge on any atom is -0.327 e. The summed E-state index contributed by atoms with van der Waals surface area (Å²) < 4.78 is 12.6. The molecule has 2 unspecified atom stereocenters. The molecular weight excluding hydrogens is 185 g/mol. The molecule has 0 aromatic heterocycles. The van der Waals surface area contributed by atoms with Crippen LogP contribution in [0.1, 0.15) is 12.8 Å². The summed E-state index contributed by atoms with van der Waals surface area (Å²) in [6.07, 6.45) is 2.31. The molecule has 1 aliphatic rings. The van der Waals surface area contributed by atoms with Gasteiger partial charge in [-0.2, -0.15) is 0 Å². The summed E-state index contributed by atoms with van der Waals surface area (Å²) in [7, 11) is 0. The standard InChI is InChI=1S/C10H12FNS/c11-7-1-3-8(4-2-7)13-10-6-5-9(10)12/h1-4,9-10H,5-6,12H2. The topological polar surface area (TPSA) is 26.0 Å². The van der Waals surface area contributed by atoms with Crippen LogP contribution in [-0.4, -0.2) is 11.3 Å². The van der Waals surface area contributed by atoms with Crippen molar-refractivity contribution in [1.29, 1.82) is 0 Å². The molecule has 0 spiro atoms. The Balaban J connectivity index is 1.98. The fourth-order valence-corrected chi connectivity index (χ4v) is 2.54. The molecule has 0 amide bonds. The molecule has 1 fully saturated rings. The minimum absolute atomic E-state index is 0.178. The fourth-order valence-electron chi connectivity index (χ4n) is 1.33. The van der Waals surface area contributed by atoms with Gasteiger partial charge in [0.1, 0.15) is 5.82 Å². The highest BCUT2D eigenvalue weighted by Crippen LogP contribution is 2.35. The Kier molecular flexibility index (Phi) is 2.56. The van der Waals surface area contributed by atoms with Crippen molar-refractivity contribution in [2.24, 2.45) is 5.73 Å². The quantitative estimate of drug-likeness (QED) is 0.788. The smallest absolute Gasteiger partial charge is 0.123 e. The number of nitrogens with two attached hydrogens (primary N) is 1. The van der Waals surface area contributed by atoms with E-state index in [-0.39, 0.29) is 5.82 Å². The molecule has 1 aliphatic carbocycles. The Hall–Kier alpha value is -0.540. The van der Waals surface area contributed by atoms with Crippen molar-refractivity contribution in [3.8, 4) is 0 Å². The largest absolute Gasteiger partial charge is 0.327 e. The van der Waals surface area contributed by atoms with E-state index in [0.29, 0.717) is 11.3 Å². The van der Waals surface area contributed by atoms with E-state index in [1.807, 2.05) is 12.1 Å². The van der Waals surface area contributed by atoms with Gasteiger partial charge in [-0.15, -0.1) is 11.8 Å². The van der Waals surface area contributed by atoms with Crippen LogP contribution < -0.4 is 5.73 Å². The fraction of sp³-hybridized carbons (Fsp3) is 0.400. The van der Waals surface area contributed by atoms with Crippen LogP contribution in [0.25, 0.3) is 0 Å². The monoisotopic (exact) mass is 197 g/mol. The van der Waals surface area contributed by atoms with E-state index >= 15 is 0 Å². The molecule has 2 rings (SSSR count). The lowest BCUT2D eigenvalue weighted by molar-refractivity contribution is 0.434. The zero-order valence-corrected chi connectivity index (χ0v) is 8.06. The lowest BCUT2D eigenvalue weighted by Crippen LogP contribution is -2.41. The van der Waals surface area contributed by atoms with Crippen LogP contribution in [0, 0.1) is 5.82 Å². The van der Waals surface area contributed by atoms with Gasteiger partial charge in [0.2, 0.25) is 0 Å². The number of rotatable bonds is 2. The van der Waals surface area contributed by atoms with Crippen LogP contribution in [0.5, 0.6) is 0 Å². The molecule has 70 valence electrons. The second kappa shape index (κ2) is 3.68. The maximum atomic E-state index is 12.6. The first-order chi connectivity index (χ1) is 6.25. The first-order valence-corrected chi connectivity index (χ1v) is 5.31. The third-order valence-electron chi connectivity index (χ3n) is 2.36. The molecule has 1 nitrogen and oxygen atoms in total. The summed E-state index contributed by atoms with van der Waals surface area (Å²) in [5.74, 6) is -0.178. The lowest BCUT2D eigenvalue weighted by Gasteiger charge is -2.32. The van der Waals surface area contributed by atoms with Crippen LogP contribution in [-0.2, 0) is 0 Å². The molecule has 0 saturated heterocycles. The zero-order chi connectivity index (χ0) is 9.26. The molecule has 1 aromatic rings. The van der Waals surface area contributed by atoms with Crippen LogP contribution >= 0.6 is 11.8 Å². The highest BCUT2D eigenvalue weighted by molar-refractivity contribution is 8.00. The van der Waals surface area contributed by atoms with E-state index in [1.165, 1.54) is 18.6 Å². The van der Waals surface area contributed by atoms with Gasteiger partial charge in [-0.05, 0) is 37.1 Å². The number of benzene rings is 1. The maximum Gasteiger partial charge on any atom is 0.123 e. The van der Waals surface area contributed by atoms with Crippen LogP contribution in [0.3, 0.4) is 0 Å². The van der Waals surface area contributed by atoms with E-state index in [2.05, 4.69) is 0 Å². The maximum absolute atomic E-state index is 12.6. The molecule has 1 saturated carbocycles. The first-order valence-electron chi connectivity index (χ1n) is 4.43. The number of hydrogen-bond acceptors (Lipinski definition) is 2. The van der Waals surface area contributed by atoms with Gasteiger partial charge in [-0.1, -0.05) is 0 Å². The summed E-state index contributed by atoms with van der Waals surface area (Å²) in [6.45, 7) is 0. The van der Waals surface area contributed by atoms with E-state index < -0.39 is 0 Å². The van der Waals surface area contributed by atoms with Gasteiger partial charge >= 0.3 is 0 Å². The summed E-state index contributed by atoms with van der Waals surface area (Å²) in [5, 5.41) is 0.533. The normalized spacial score (nSPS) is 26.9. The molecule has 0 aliphatic heterocycles. The summed E-state index contributed by atoms with van der Waals surface area (Å²) in [5.41, 5.74) is 5.81. The average Bonchev–Trinajstić information content (AvgIpc) is 2.15. The van der Waals surface area contributed by atoms with Gasteiger partial charge in [0.15, 0.2) is 0 Å². The molecule has 2 atom stereocenters. The molecule has 0 radical (unpaired) electrons. The average molecular weight is 197 g/mol. The van der Waals surface area contributed by atoms with Crippen molar-refractivity contribution in [3.63, 3.8) is 0 Å². The van der Waals surface area contributed by atoms with Gasteiger partial charge in [0.05, 0.1) is 0 Å². The highest BCUT2D eigenvalue weighted by atomic mass is 32.2. The van der Waals surface area contributed by atoms with Gasteiger partial charge in [-0.25, -0.2) is 4.39 Å². The predicted octanol–water partition coefficient (Wildman–Crippen LogP) is 2.41. The van der Waals surface area contributed by atoms with Crippen LogP contribution in [0.4, 0.5) is 4.39 Å². The Labute approximate surface area is 81.5 Å². The lowest BCUT2D eigenvalue weighted by atomic mass is 9.93. The Morgan fingerprint density at radius 3 is 2.38 bits per heavy atom. The molecule has 2 N–H and O–H groups in total. The second-order valence-electron chi connectivity index (χ2n) is 3.35. The van der Waals surface area contributed by atoms with Crippen molar-refractivity contribution < 1.29 is 4.39 Å². The van der Waals surface area contributed by atoms with Gasteiger partial charge in [-0.3, -0.25) is 0 Å². The van der Waals surface area contributed by atoms with Gasteiger partial charge in [0, 0.05) is 16.2 Å². The molecule has 1 aromatic carbocycles. The SMILES string of the molecule is NC1CCC1Sc1ccc(F)cc1. The highest BCUT2D eigenvalue weighted by Gasteiger charge is 2.27. The molecule has 13 heavy (non-hydrogen) atoms. The summed E-state index contributed by atoms with van der Waals surface area (Å²) in [4.78, 5) is 1.11. The Morgan fingerprint density at radius 1 is 1.23 bits per heavy atom. The van der Waals surface area contributed by atoms with E-state index in [4.69, 9.17) is 5.73 Å². The Bertz CT molecular complexity index is 285. The third kappa shape index (κ3) is 2.03. The molecule has 0 bridgehead atoms. The molecule has 0 heterocycles. The zero-order valence-electron chi connectivity index (χ0n) is 7.24. The number of halogens is 1. The van der Waals surface area contributed by atoms with E-state index in [0.717, 1.165) is 11.3 Å². The summed E-state index contributed by atoms with van der Waals surface area (Å²) in [6, 6.07) is 6.94. The van der Waals surface area contributed by atoms with E-state index in [9.17, 15) is 4.39 Å². The first kappa shape index (κ1) is 9.03. The molecular formula is C10H12FNS. The van der Waals surface area contributed by atoms with Crippen LogP contribution in [0.15, 0.2) is 29.2 Å². The van der Waals surface area contributed by atoms with Crippen molar-refractivity contribution >= 4 is 11.8 Å². The third-order valence-corrected chi connectivity index (χ3v) is 3.80. The van der Waals surface area contributed by atoms with Crippen molar-refractivity contribution in [2.75, 3.05) is 0 Å². The Morgan fingerprint density at radius 2 is 1.92 bits per heavy atom. The number of thioether (sulfide) groups is 1. The predicted molar refractivity (Wildman–Crippen MR) is 53.3 cm³/mol. The summed E-state index contributed by atoms with van der Waals surface area (Å²) >= 11 is 1.76. The van der Waals surface area contributed by atoms with Crippen molar-refractivity contribution in [3.05, 3.63) is 30.1 Å². The molecule has 3 heteroatoms. The number of hydrogen-bond donors (Lipinski definition) is 1. The minimum atomic E-state index is -0.178. The van der Waals surface area contributed by atoms with Gasteiger partial charge < -0.3 is 5.73 Å². The second-order valence-corrected chi connectivity index (χ2v) is 4.66.